The Morgan fingerprint density at radius 2 is 1.12 bits per heavy atom. The van der Waals surface area contributed by atoms with Gasteiger partial charge in [0.05, 0.1) is 0 Å². The molecule has 0 aromatic heterocycles. The van der Waals surface area contributed by atoms with Crippen molar-refractivity contribution in [2.45, 2.75) is 99.0 Å². The van der Waals surface area contributed by atoms with Crippen LogP contribution in [0.5, 0.6) is 0 Å². The summed E-state index contributed by atoms with van der Waals surface area (Å²) in [5.74, 6) is -0.00316. The maximum absolute atomic E-state index is 12.9. The number of nitrogens with two attached hydrogens (primary N) is 1. The Kier molecular flexibility index (Phi) is 12.2. The van der Waals surface area contributed by atoms with Gasteiger partial charge in [0.25, 0.3) is 0 Å². The van der Waals surface area contributed by atoms with Crippen LogP contribution in [-0.4, -0.2) is 36.7 Å². The van der Waals surface area contributed by atoms with Gasteiger partial charge >= 0.3 is 157 Å². The number of hydrogen-bond acceptors (Lipinski definition) is 3. The van der Waals surface area contributed by atoms with Gasteiger partial charge in [-0.1, -0.05) is 0 Å². The van der Waals surface area contributed by atoms with Gasteiger partial charge in [-0.25, -0.2) is 0 Å². The molecule has 0 aliphatic rings. The zero-order valence-corrected chi connectivity index (χ0v) is 18.9. The molecule has 0 spiro atoms. The summed E-state index contributed by atoms with van der Waals surface area (Å²) in [4.78, 5) is 12.9. The van der Waals surface area contributed by atoms with Crippen LogP contribution in [0.15, 0.2) is 0 Å². The van der Waals surface area contributed by atoms with Gasteiger partial charge in [-0.3, -0.25) is 0 Å². The quantitative estimate of drug-likeness (QED) is 0.348. The zero-order chi connectivity index (χ0) is 19.4. The van der Waals surface area contributed by atoms with Crippen LogP contribution in [0.2, 0.25) is 0 Å². The fourth-order valence-corrected chi connectivity index (χ4v) is 10.5. The van der Waals surface area contributed by atoms with Gasteiger partial charge in [-0.15, -0.1) is 0 Å². The molecule has 3 nitrogen and oxygen atoms in total. The molecule has 152 valence electrons. The third-order valence-electron chi connectivity index (χ3n) is 5.65. The molecule has 0 saturated heterocycles. The average molecular weight is 376 g/mol. The molecule has 0 radical (unpaired) electrons. The number of hydrogen-bond donors (Lipinski definition) is 1. The zero-order valence-electron chi connectivity index (χ0n) is 18.0. The van der Waals surface area contributed by atoms with Crippen molar-refractivity contribution in [2.75, 3.05) is 24.6 Å². The van der Waals surface area contributed by atoms with E-state index in [-0.39, 0.29) is 11.9 Å². The van der Waals surface area contributed by atoms with Gasteiger partial charge in [0, 0.05) is 0 Å². The molecule has 0 saturated carbocycles. The number of carbonyl (C=O) groups excluding carboxylic acids is 1. The molecular weight excluding hydrogens is 329 g/mol. The molecule has 0 amide bonds. The van der Waals surface area contributed by atoms with Crippen molar-refractivity contribution in [2.24, 2.45) is 11.7 Å². The molecular formula is C21H46NO2P. The molecule has 0 bridgehead atoms. The first-order valence-electron chi connectivity index (χ1n) is 10.8. The van der Waals surface area contributed by atoms with E-state index in [0.717, 1.165) is 50.3 Å². The number of rotatable bonds is 15. The van der Waals surface area contributed by atoms with Crippen molar-refractivity contribution in [1.29, 1.82) is 0 Å². The minimum absolute atomic E-state index is 0.129. The van der Waals surface area contributed by atoms with Crippen LogP contribution in [0.4, 0.5) is 0 Å². The topological polar surface area (TPSA) is 52.3 Å². The fourth-order valence-electron chi connectivity index (χ4n) is 3.67. The Morgan fingerprint density at radius 1 is 0.800 bits per heavy atom. The second-order valence-electron chi connectivity index (χ2n) is 8.35. The van der Waals surface area contributed by atoms with Crippen LogP contribution in [0.1, 0.15) is 92.9 Å². The molecule has 0 aliphatic carbocycles. The molecule has 25 heavy (non-hydrogen) atoms. The van der Waals surface area contributed by atoms with Crippen LogP contribution in [0.3, 0.4) is 0 Å². The van der Waals surface area contributed by atoms with E-state index in [1.807, 2.05) is 13.8 Å². The summed E-state index contributed by atoms with van der Waals surface area (Å²) in [7, 11) is 0. The first-order valence-corrected chi connectivity index (χ1v) is 13.7. The number of carbonyl (C=O) groups is 1. The summed E-state index contributed by atoms with van der Waals surface area (Å²) in [6.07, 6.45) is 13.8. The van der Waals surface area contributed by atoms with Crippen LogP contribution >= 0.6 is 6.83 Å². The van der Waals surface area contributed by atoms with Crippen molar-refractivity contribution in [3.05, 3.63) is 0 Å². The summed E-state index contributed by atoms with van der Waals surface area (Å²) >= 11 is 0. The van der Waals surface area contributed by atoms with E-state index >= 15 is 0 Å². The molecule has 0 unspecified atom stereocenters. The predicted molar refractivity (Wildman–Crippen MR) is 115 cm³/mol. The second-order valence-corrected chi connectivity index (χ2v) is 14.0. The summed E-state index contributed by atoms with van der Waals surface area (Å²) in [5.41, 5.74) is 6.19. The molecule has 2 N–H and O–H groups in total. The predicted octanol–water partition coefficient (Wildman–Crippen LogP) is 6.18. The van der Waals surface area contributed by atoms with Gasteiger partial charge < -0.3 is 0 Å². The third kappa shape index (κ3) is 7.95. The van der Waals surface area contributed by atoms with E-state index in [0.29, 0.717) is 0 Å². The molecule has 0 fully saturated rings. The normalized spacial score (nSPS) is 15.0. The standard InChI is InChI=1S/C21H46NO2P/c1-7-11-15-25(16-12-8-2,17-13-9-3,18-14-10-4)24-21(23)20(22)19(5)6/h19-20H,7-18,22H2,1-6H3/t20-/m0/s1. The van der Waals surface area contributed by atoms with E-state index < -0.39 is 12.9 Å². The monoisotopic (exact) mass is 375 g/mol. The molecule has 4 heteroatoms. The molecule has 0 heterocycles. The van der Waals surface area contributed by atoms with Gasteiger partial charge in [-0.2, -0.15) is 0 Å². The summed E-state index contributed by atoms with van der Waals surface area (Å²) < 4.78 is 6.62. The minimum atomic E-state index is -2.53. The molecule has 1 atom stereocenters. The van der Waals surface area contributed by atoms with E-state index in [1.165, 1.54) is 25.7 Å². The first-order chi connectivity index (χ1) is 11.8. The average Bonchev–Trinajstić information content (AvgIpc) is 2.61. The van der Waals surface area contributed by atoms with Crippen molar-refractivity contribution < 1.29 is 9.32 Å². The fraction of sp³-hybridized carbons (Fsp3) is 0.952. The van der Waals surface area contributed by atoms with E-state index in [2.05, 4.69) is 27.7 Å². The van der Waals surface area contributed by atoms with Gasteiger partial charge in [0.2, 0.25) is 0 Å². The van der Waals surface area contributed by atoms with Crippen LogP contribution in [0, 0.1) is 5.92 Å². The van der Waals surface area contributed by atoms with Gasteiger partial charge in [0.1, 0.15) is 0 Å². The first kappa shape index (κ1) is 24.9. The van der Waals surface area contributed by atoms with Crippen molar-refractivity contribution in [1.82, 2.24) is 0 Å². The van der Waals surface area contributed by atoms with E-state index in [9.17, 15) is 4.79 Å². The summed E-state index contributed by atoms with van der Waals surface area (Å²) in [5, 5.41) is 0. The van der Waals surface area contributed by atoms with Gasteiger partial charge in [0.15, 0.2) is 0 Å². The summed E-state index contributed by atoms with van der Waals surface area (Å²) in [6, 6.07) is -0.493. The van der Waals surface area contributed by atoms with Crippen molar-refractivity contribution in [3.8, 4) is 0 Å². The van der Waals surface area contributed by atoms with Gasteiger partial charge in [-0.05, 0) is 0 Å². The molecule has 0 aromatic carbocycles. The van der Waals surface area contributed by atoms with E-state index in [4.69, 9.17) is 10.3 Å². The Bertz CT molecular complexity index is 327. The molecule has 0 rings (SSSR count). The molecule has 0 aromatic rings. The van der Waals surface area contributed by atoms with Crippen molar-refractivity contribution >= 4 is 12.8 Å². The van der Waals surface area contributed by atoms with Crippen molar-refractivity contribution in [3.63, 3.8) is 0 Å². The number of unbranched alkanes of at least 4 members (excludes halogenated alkanes) is 4. The Labute approximate surface area is 157 Å². The molecule has 0 aliphatic heterocycles. The Morgan fingerprint density at radius 3 is 1.36 bits per heavy atom. The van der Waals surface area contributed by atoms with E-state index in [1.54, 1.807) is 0 Å². The van der Waals surface area contributed by atoms with Crippen LogP contribution < -0.4 is 5.73 Å². The SMILES string of the molecule is CCCCP(CCCC)(CCCC)(CCCC)OC(=O)[C@@H](N)C(C)C. The van der Waals surface area contributed by atoms with Crippen LogP contribution in [0.25, 0.3) is 0 Å². The second kappa shape index (κ2) is 12.3. The maximum atomic E-state index is 12.9. The third-order valence-corrected chi connectivity index (χ3v) is 12.1. The Balaban J connectivity index is 5.84. The summed E-state index contributed by atoms with van der Waals surface area (Å²) in [6.45, 7) is 10.5. The Hall–Kier alpha value is -0.140. The van der Waals surface area contributed by atoms with Crippen LogP contribution in [-0.2, 0) is 9.32 Å².